The average molecular weight is 353 g/mol. The maximum absolute atomic E-state index is 11.9. The largest absolute Gasteiger partial charge is 0.481 e. The second kappa shape index (κ2) is 10.1. The molecule has 1 unspecified atom stereocenters. The first kappa shape index (κ1) is 19.4. The fourth-order valence-electron chi connectivity index (χ4n) is 2.76. The van der Waals surface area contributed by atoms with E-state index in [9.17, 15) is 14.4 Å². The van der Waals surface area contributed by atoms with Gasteiger partial charge in [-0.1, -0.05) is 54.6 Å². The molecular weight excluding hydrogens is 330 g/mol. The Morgan fingerprint density at radius 2 is 1.62 bits per heavy atom. The number of hydrogen-bond acceptors (Lipinski definition) is 3. The molecule has 136 valence electrons. The van der Waals surface area contributed by atoms with E-state index in [2.05, 4.69) is 5.32 Å². The second-order valence-corrected chi connectivity index (χ2v) is 6.17. The second-order valence-electron chi connectivity index (χ2n) is 6.17. The predicted octanol–water partition coefficient (Wildman–Crippen LogP) is 3.22. The molecule has 0 bridgehead atoms. The zero-order valence-corrected chi connectivity index (χ0v) is 14.6. The van der Waals surface area contributed by atoms with Gasteiger partial charge in [-0.25, -0.2) is 0 Å². The zero-order chi connectivity index (χ0) is 18.8. The van der Waals surface area contributed by atoms with Gasteiger partial charge < -0.3 is 15.2 Å². The highest BCUT2D eigenvalue weighted by Crippen LogP contribution is 2.20. The van der Waals surface area contributed by atoms with Gasteiger partial charge in [0.2, 0.25) is 5.91 Å². The van der Waals surface area contributed by atoms with Crippen molar-refractivity contribution in [2.75, 3.05) is 0 Å². The number of amides is 1. The molecule has 0 saturated heterocycles. The van der Waals surface area contributed by atoms with E-state index >= 15 is 0 Å². The van der Waals surface area contributed by atoms with Gasteiger partial charge in [0.15, 0.2) is 0 Å². The Kier molecular flexibility index (Phi) is 7.55. The van der Waals surface area contributed by atoms with Crippen LogP contribution in [0.4, 0.5) is 0 Å². The van der Waals surface area contributed by atoms with Crippen molar-refractivity contribution in [1.82, 2.24) is 5.32 Å². The number of aliphatic carboxylic acids is 1. The highest BCUT2D eigenvalue weighted by Gasteiger charge is 2.14. The Hall–Kier alpha value is -2.95. The molecule has 2 aromatic carbocycles. The molecule has 2 N–H and O–H groups in total. The molecule has 5 heteroatoms. The highest BCUT2D eigenvalue weighted by molar-refractivity contribution is 5.80. The summed E-state index contributed by atoms with van der Waals surface area (Å²) in [5, 5.41) is 11.5. The van der Waals surface area contributed by atoms with E-state index in [-0.39, 0.29) is 24.8 Å². The van der Waals surface area contributed by atoms with Crippen molar-refractivity contribution in [1.29, 1.82) is 0 Å². The van der Waals surface area contributed by atoms with Gasteiger partial charge in [0.25, 0.3) is 0 Å². The van der Waals surface area contributed by atoms with Crippen LogP contribution in [0, 0.1) is 0 Å². The smallest absolute Gasteiger partial charge is 0.303 e. The van der Waals surface area contributed by atoms with Crippen LogP contribution in [0.5, 0.6) is 0 Å². The third kappa shape index (κ3) is 6.51. The summed E-state index contributed by atoms with van der Waals surface area (Å²) in [6.45, 7) is 0. The van der Waals surface area contributed by atoms with E-state index in [0.29, 0.717) is 19.3 Å². The molecule has 5 nitrogen and oxygen atoms in total. The number of nitrogens with one attached hydrogen (secondary N) is 1. The van der Waals surface area contributed by atoms with Gasteiger partial charge in [0.05, 0.1) is 6.42 Å². The molecule has 0 aliphatic carbocycles. The lowest BCUT2D eigenvalue weighted by molar-refractivity contribution is -0.138. The molecule has 1 atom stereocenters. The first-order valence-corrected chi connectivity index (χ1v) is 8.67. The van der Waals surface area contributed by atoms with Gasteiger partial charge in [-0.3, -0.25) is 9.59 Å². The quantitative estimate of drug-likeness (QED) is 0.643. The molecule has 1 amide bonds. The Morgan fingerprint density at radius 1 is 0.962 bits per heavy atom. The maximum atomic E-state index is 11.9. The van der Waals surface area contributed by atoms with E-state index in [1.165, 1.54) is 0 Å². The van der Waals surface area contributed by atoms with E-state index < -0.39 is 5.97 Å². The Balaban J connectivity index is 1.99. The monoisotopic (exact) mass is 353 g/mol. The van der Waals surface area contributed by atoms with E-state index in [1.807, 2.05) is 54.6 Å². The van der Waals surface area contributed by atoms with Gasteiger partial charge >= 0.3 is 5.97 Å². The minimum atomic E-state index is -0.999. The first-order chi connectivity index (χ1) is 12.6. The van der Waals surface area contributed by atoms with Gasteiger partial charge in [-0.15, -0.1) is 0 Å². The first-order valence-electron chi connectivity index (χ1n) is 8.67. The summed E-state index contributed by atoms with van der Waals surface area (Å²) >= 11 is 0. The molecule has 2 rings (SSSR count). The fraction of sp³-hybridized carbons (Fsp3) is 0.286. The van der Waals surface area contributed by atoms with Crippen LogP contribution in [0.3, 0.4) is 0 Å². The molecule has 26 heavy (non-hydrogen) atoms. The van der Waals surface area contributed by atoms with Gasteiger partial charge in [0, 0.05) is 18.9 Å². The topological polar surface area (TPSA) is 83.5 Å². The lowest BCUT2D eigenvalue weighted by atomic mass is 9.98. The molecule has 0 spiro atoms. The molecule has 0 saturated carbocycles. The Morgan fingerprint density at radius 3 is 2.23 bits per heavy atom. The standard InChI is InChI=1S/C21H23NO4/c23-14-4-7-19(22-20(24)12-13-21(25)26)15-16-8-10-18(11-9-16)17-5-2-1-3-6-17/h1-3,5-6,8-11,14,19H,4,7,12-13,15H2,(H,22,24)(H,25,26). The van der Waals surface area contributed by atoms with Crippen LogP contribution >= 0.6 is 0 Å². The summed E-state index contributed by atoms with van der Waals surface area (Å²) in [6.07, 6.45) is 2.06. The molecule has 0 heterocycles. The summed E-state index contributed by atoms with van der Waals surface area (Å²) in [7, 11) is 0. The predicted molar refractivity (Wildman–Crippen MR) is 99.7 cm³/mol. The molecule has 0 fully saturated rings. The lowest BCUT2D eigenvalue weighted by Gasteiger charge is -2.18. The molecule has 0 aromatic heterocycles. The number of carboxylic acid groups (broad SMARTS) is 1. The summed E-state index contributed by atoms with van der Waals surface area (Å²) in [5.41, 5.74) is 3.31. The number of rotatable bonds is 10. The zero-order valence-electron chi connectivity index (χ0n) is 14.6. The average Bonchev–Trinajstić information content (AvgIpc) is 2.66. The number of aldehydes is 1. The van der Waals surface area contributed by atoms with Crippen molar-refractivity contribution >= 4 is 18.2 Å². The van der Waals surface area contributed by atoms with E-state index in [1.54, 1.807) is 0 Å². The number of benzene rings is 2. The molecule has 0 aliphatic heterocycles. The summed E-state index contributed by atoms with van der Waals surface area (Å²) in [4.78, 5) is 33.1. The summed E-state index contributed by atoms with van der Waals surface area (Å²) < 4.78 is 0. The van der Waals surface area contributed by atoms with Crippen LogP contribution < -0.4 is 5.32 Å². The van der Waals surface area contributed by atoms with Crippen LogP contribution in [0.1, 0.15) is 31.2 Å². The third-order valence-electron chi connectivity index (χ3n) is 4.11. The van der Waals surface area contributed by atoms with E-state index in [0.717, 1.165) is 23.0 Å². The van der Waals surface area contributed by atoms with Gasteiger partial charge in [-0.05, 0) is 29.5 Å². The fourth-order valence-corrected chi connectivity index (χ4v) is 2.76. The number of carboxylic acids is 1. The molecule has 0 radical (unpaired) electrons. The molecular formula is C21H23NO4. The summed E-state index contributed by atoms with van der Waals surface area (Å²) in [6, 6.07) is 18.0. The van der Waals surface area contributed by atoms with Gasteiger partial charge in [-0.2, -0.15) is 0 Å². The minimum Gasteiger partial charge on any atom is -0.481 e. The molecule has 0 aliphatic rings. The van der Waals surface area contributed by atoms with Crippen LogP contribution in [-0.2, 0) is 20.8 Å². The van der Waals surface area contributed by atoms with Crippen molar-refractivity contribution in [3.63, 3.8) is 0 Å². The van der Waals surface area contributed by atoms with E-state index in [4.69, 9.17) is 5.11 Å². The van der Waals surface area contributed by atoms with Crippen molar-refractivity contribution in [3.8, 4) is 11.1 Å². The van der Waals surface area contributed by atoms with Gasteiger partial charge in [0.1, 0.15) is 6.29 Å². The van der Waals surface area contributed by atoms with Crippen molar-refractivity contribution in [3.05, 3.63) is 60.2 Å². The molecule has 2 aromatic rings. The van der Waals surface area contributed by atoms with Crippen LogP contribution in [0.15, 0.2) is 54.6 Å². The normalized spacial score (nSPS) is 11.5. The maximum Gasteiger partial charge on any atom is 0.303 e. The highest BCUT2D eigenvalue weighted by atomic mass is 16.4. The number of carbonyl (C=O) groups excluding carboxylic acids is 2. The Labute approximate surface area is 153 Å². The lowest BCUT2D eigenvalue weighted by Crippen LogP contribution is -2.36. The summed E-state index contributed by atoms with van der Waals surface area (Å²) in [5.74, 6) is -1.30. The SMILES string of the molecule is O=CCCC(Cc1ccc(-c2ccccc2)cc1)NC(=O)CCC(=O)O. The van der Waals surface area contributed by atoms with Crippen LogP contribution in [0.2, 0.25) is 0 Å². The number of carbonyl (C=O) groups is 3. The van der Waals surface area contributed by atoms with Crippen LogP contribution in [-0.4, -0.2) is 29.3 Å². The van der Waals surface area contributed by atoms with Crippen LogP contribution in [0.25, 0.3) is 11.1 Å². The van der Waals surface area contributed by atoms with Crippen molar-refractivity contribution in [2.24, 2.45) is 0 Å². The van der Waals surface area contributed by atoms with Crippen molar-refractivity contribution in [2.45, 2.75) is 38.1 Å². The Bertz CT molecular complexity index is 725. The third-order valence-corrected chi connectivity index (χ3v) is 4.11. The number of hydrogen-bond donors (Lipinski definition) is 2. The minimum absolute atomic E-state index is 0.0557. The van der Waals surface area contributed by atoms with Crippen molar-refractivity contribution < 1.29 is 19.5 Å².